The van der Waals surface area contributed by atoms with Gasteiger partial charge in [0.15, 0.2) is 0 Å². The number of esters is 1. The Hall–Kier alpha value is -2.14. The van der Waals surface area contributed by atoms with E-state index >= 15 is 0 Å². The summed E-state index contributed by atoms with van der Waals surface area (Å²) in [5.41, 5.74) is 2.42. The first-order chi connectivity index (χ1) is 10.8. The molecule has 0 spiro atoms. The highest BCUT2D eigenvalue weighted by Crippen LogP contribution is 2.32. The lowest BCUT2D eigenvalue weighted by Gasteiger charge is -2.19. The minimum Gasteiger partial charge on any atom is -0.456 e. The number of carbonyl (C=O) groups is 1. The molecule has 0 aliphatic rings. The van der Waals surface area contributed by atoms with Crippen molar-refractivity contribution in [1.82, 2.24) is 9.97 Å². The van der Waals surface area contributed by atoms with E-state index in [2.05, 4.69) is 25.9 Å². The average molecular weight is 373 g/mol. The van der Waals surface area contributed by atoms with Crippen molar-refractivity contribution in [3.05, 3.63) is 52.8 Å². The van der Waals surface area contributed by atoms with Gasteiger partial charge in [-0.2, -0.15) is 0 Å². The van der Waals surface area contributed by atoms with Crippen molar-refractivity contribution in [1.29, 1.82) is 0 Å². The summed E-state index contributed by atoms with van der Waals surface area (Å²) >= 11 is 3.42. The molecular formula is C18H17BrN2O2. The Kier molecular flexibility index (Phi) is 3.98. The van der Waals surface area contributed by atoms with Crippen LogP contribution in [-0.2, 0) is 4.74 Å². The number of carbonyl (C=O) groups excluding carboxylic acids is 1. The molecule has 4 nitrogen and oxygen atoms in total. The number of nitrogens with one attached hydrogen (secondary N) is 1. The smallest absolute Gasteiger partial charge is 0.341 e. The lowest BCUT2D eigenvalue weighted by atomic mass is 10.1. The van der Waals surface area contributed by atoms with Crippen LogP contribution in [0, 0.1) is 0 Å². The fourth-order valence-corrected chi connectivity index (χ4v) is 2.81. The van der Waals surface area contributed by atoms with Crippen LogP contribution in [0.1, 0.15) is 31.1 Å². The molecule has 3 aromatic rings. The highest BCUT2D eigenvalue weighted by Gasteiger charge is 2.25. The number of pyridine rings is 1. The normalized spacial score (nSPS) is 11.7. The van der Waals surface area contributed by atoms with E-state index in [1.54, 1.807) is 12.4 Å². The molecule has 1 N–H and O–H groups in total. The average Bonchev–Trinajstić information content (AvgIpc) is 2.85. The molecule has 0 unspecified atom stereocenters. The van der Waals surface area contributed by atoms with E-state index in [9.17, 15) is 4.79 Å². The summed E-state index contributed by atoms with van der Waals surface area (Å²) in [6.45, 7) is 5.58. The zero-order chi connectivity index (χ0) is 16.6. The molecule has 0 atom stereocenters. The summed E-state index contributed by atoms with van der Waals surface area (Å²) in [7, 11) is 0. The molecule has 0 saturated heterocycles. The van der Waals surface area contributed by atoms with Crippen LogP contribution >= 0.6 is 15.9 Å². The number of rotatable bonds is 2. The number of H-pyrrole nitrogens is 1. The Morgan fingerprint density at radius 1 is 1.22 bits per heavy atom. The molecule has 118 valence electrons. The zero-order valence-electron chi connectivity index (χ0n) is 13.2. The molecule has 2 aromatic heterocycles. The number of benzene rings is 1. The zero-order valence-corrected chi connectivity index (χ0v) is 14.8. The molecular weight excluding hydrogens is 356 g/mol. The molecule has 5 heteroatoms. The topological polar surface area (TPSA) is 55.0 Å². The van der Waals surface area contributed by atoms with Crippen molar-refractivity contribution in [3.63, 3.8) is 0 Å². The third-order valence-corrected chi connectivity index (χ3v) is 3.74. The highest BCUT2D eigenvalue weighted by atomic mass is 79.9. The van der Waals surface area contributed by atoms with E-state index in [1.807, 2.05) is 51.1 Å². The number of para-hydroxylation sites is 1. The van der Waals surface area contributed by atoms with E-state index in [0.717, 1.165) is 20.9 Å². The van der Waals surface area contributed by atoms with Crippen LogP contribution in [0.2, 0.25) is 0 Å². The third kappa shape index (κ3) is 3.29. The van der Waals surface area contributed by atoms with Gasteiger partial charge >= 0.3 is 5.97 Å². The lowest BCUT2D eigenvalue weighted by molar-refractivity contribution is 0.00728. The van der Waals surface area contributed by atoms with Crippen molar-refractivity contribution in [2.45, 2.75) is 26.4 Å². The predicted octanol–water partition coefficient (Wildman–Crippen LogP) is 4.95. The van der Waals surface area contributed by atoms with Gasteiger partial charge in [0.1, 0.15) is 5.60 Å². The highest BCUT2D eigenvalue weighted by molar-refractivity contribution is 9.10. The number of hydrogen-bond acceptors (Lipinski definition) is 3. The number of aromatic amines is 1. The van der Waals surface area contributed by atoms with Crippen LogP contribution in [0.25, 0.3) is 22.2 Å². The Morgan fingerprint density at radius 3 is 2.65 bits per heavy atom. The van der Waals surface area contributed by atoms with Crippen LogP contribution in [0.4, 0.5) is 0 Å². The van der Waals surface area contributed by atoms with Gasteiger partial charge in [0.2, 0.25) is 0 Å². The van der Waals surface area contributed by atoms with Gasteiger partial charge in [-0.1, -0.05) is 18.2 Å². The van der Waals surface area contributed by atoms with E-state index in [4.69, 9.17) is 4.74 Å². The second-order valence-electron chi connectivity index (χ2n) is 6.31. The van der Waals surface area contributed by atoms with Gasteiger partial charge in [0, 0.05) is 33.3 Å². The quantitative estimate of drug-likeness (QED) is 0.647. The maximum absolute atomic E-state index is 12.7. The summed E-state index contributed by atoms with van der Waals surface area (Å²) < 4.78 is 6.44. The van der Waals surface area contributed by atoms with Crippen LogP contribution < -0.4 is 0 Å². The van der Waals surface area contributed by atoms with Crippen molar-refractivity contribution < 1.29 is 9.53 Å². The first kappa shape index (κ1) is 15.7. The van der Waals surface area contributed by atoms with Gasteiger partial charge in [-0.25, -0.2) is 4.79 Å². The van der Waals surface area contributed by atoms with Crippen molar-refractivity contribution in [2.24, 2.45) is 0 Å². The molecule has 0 amide bonds. The van der Waals surface area contributed by atoms with Crippen LogP contribution in [0.3, 0.4) is 0 Å². The number of fused-ring (bicyclic) bond motifs is 1. The third-order valence-electron chi connectivity index (χ3n) is 3.30. The number of nitrogens with zero attached hydrogens (tertiary/aromatic N) is 1. The summed E-state index contributed by atoms with van der Waals surface area (Å²) in [5.74, 6) is -0.343. The first-order valence-corrected chi connectivity index (χ1v) is 8.09. The van der Waals surface area contributed by atoms with Gasteiger partial charge in [-0.05, 0) is 48.8 Å². The predicted molar refractivity (Wildman–Crippen MR) is 94.4 cm³/mol. The Balaban J connectivity index is 2.21. The van der Waals surface area contributed by atoms with Gasteiger partial charge < -0.3 is 9.72 Å². The molecule has 0 radical (unpaired) electrons. The number of aromatic nitrogens is 2. The van der Waals surface area contributed by atoms with Crippen LogP contribution in [0.15, 0.2) is 47.2 Å². The largest absolute Gasteiger partial charge is 0.456 e. The minimum absolute atomic E-state index is 0.343. The van der Waals surface area contributed by atoms with Crippen LogP contribution in [-0.4, -0.2) is 21.5 Å². The number of hydrogen-bond donors (Lipinski definition) is 1. The fourth-order valence-electron chi connectivity index (χ4n) is 2.45. The molecule has 0 aliphatic carbocycles. The molecule has 0 bridgehead atoms. The fraction of sp³-hybridized carbons (Fsp3) is 0.222. The molecule has 23 heavy (non-hydrogen) atoms. The molecule has 0 saturated carbocycles. The Bertz CT molecular complexity index is 878. The lowest BCUT2D eigenvalue weighted by Crippen LogP contribution is -2.24. The molecule has 0 fully saturated rings. The van der Waals surface area contributed by atoms with Gasteiger partial charge in [-0.3, -0.25) is 4.98 Å². The second kappa shape index (κ2) is 5.81. The Labute approximate surface area is 143 Å². The van der Waals surface area contributed by atoms with Crippen molar-refractivity contribution >= 4 is 32.8 Å². The standard InChI is InChI=1S/C18H17BrN2O2/c1-18(2,3)23-17(22)15-13-6-4-5-7-14(13)21-16(15)11-8-12(19)10-20-9-11/h4-10,21H,1-3H3. The number of ether oxygens (including phenoxy) is 1. The summed E-state index contributed by atoms with van der Waals surface area (Å²) in [4.78, 5) is 20.2. The summed E-state index contributed by atoms with van der Waals surface area (Å²) in [6.07, 6.45) is 3.43. The van der Waals surface area contributed by atoms with Crippen molar-refractivity contribution in [3.8, 4) is 11.3 Å². The minimum atomic E-state index is -0.553. The molecule has 3 rings (SSSR count). The van der Waals surface area contributed by atoms with E-state index in [0.29, 0.717) is 11.3 Å². The molecule has 2 heterocycles. The van der Waals surface area contributed by atoms with Gasteiger partial charge in [0.05, 0.1) is 11.3 Å². The van der Waals surface area contributed by atoms with Crippen LogP contribution in [0.5, 0.6) is 0 Å². The maximum Gasteiger partial charge on any atom is 0.341 e. The summed E-state index contributed by atoms with van der Waals surface area (Å²) in [6, 6.07) is 9.62. The maximum atomic E-state index is 12.7. The SMILES string of the molecule is CC(C)(C)OC(=O)c1c(-c2cncc(Br)c2)[nH]c2ccccc12. The molecule has 1 aromatic carbocycles. The van der Waals surface area contributed by atoms with E-state index < -0.39 is 5.60 Å². The van der Waals surface area contributed by atoms with E-state index in [1.165, 1.54) is 0 Å². The van der Waals surface area contributed by atoms with Gasteiger partial charge in [-0.15, -0.1) is 0 Å². The summed E-state index contributed by atoms with van der Waals surface area (Å²) in [5, 5.41) is 0.844. The monoisotopic (exact) mass is 372 g/mol. The number of halogens is 1. The van der Waals surface area contributed by atoms with Crippen molar-refractivity contribution in [2.75, 3.05) is 0 Å². The second-order valence-corrected chi connectivity index (χ2v) is 7.23. The van der Waals surface area contributed by atoms with E-state index in [-0.39, 0.29) is 5.97 Å². The Morgan fingerprint density at radius 2 is 1.96 bits per heavy atom. The van der Waals surface area contributed by atoms with Gasteiger partial charge in [0.25, 0.3) is 0 Å². The first-order valence-electron chi connectivity index (χ1n) is 7.30. The molecule has 0 aliphatic heterocycles.